The van der Waals surface area contributed by atoms with E-state index in [9.17, 15) is 9.59 Å². The first-order chi connectivity index (χ1) is 15.9. The summed E-state index contributed by atoms with van der Waals surface area (Å²) in [5, 5.41) is 0.663. The number of nitrogens with zero attached hydrogens (tertiary/aromatic N) is 4. The number of rotatable bonds is 6. The van der Waals surface area contributed by atoms with Crippen molar-refractivity contribution in [3.8, 4) is 5.75 Å². The van der Waals surface area contributed by atoms with Crippen LogP contribution in [0.25, 0.3) is 0 Å². The molecule has 0 N–H and O–H groups in total. The number of carbonyl (C=O) groups is 2. The Morgan fingerprint density at radius 2 is 1.61 bits per heavy atom. The molecule has 3 heterocycles. The number of amides is 2. The molecule has 1 aromatic carbocycles. The van der Waals surface area contributed by atoms with Gasteiger partial charge in [0.1, 0.15) is 5.75 Å². The second-order valence-electron chi connectivity index (χ2n) is 9.04. The van der Waals surface area contributed by atoms with Crippen molar-refractivity contribution in [1.82, 2.24) is 19.8 Å². The van der Waals surface area contributed by atoms with E-state index in [0.717, 1.165) is 62.6 Å². The van der Waals surface area contributed by atoms with Gasteiger partial charge in [0, 0.05) is 43.1 Å². The minimum Gasteiger partial charge on any atom is -0.494 e. The number of likely N-dealkylation sites (tertiary alicyclic amines) is 2. The van der Waals surface area contributed by atoms with Crippen molar-refractivity contribution in [2.24, 2.45) is 5.41 Å². The SMILES string of the molecule is CCOc1ccc(C(=O)N2CCC3(CCN(C(=O)CSc4nc(C)cc(C)n4)C3)CC2)cc1. The van der Waals surface area contributed by atoms with E-state index in [2.05, 4.69) is 9.97 Å². The van der Waals surface area contributed by atoms with Gasteiger partial charge in [-0.1, -0.05) is 11.8 Å². The zero-order valence-electron chi connectivity index (χ0n) is 19.7. The lowest BCUT2D eigenvalue weighted by Crippen LogP contribution is -2.44. The Labute approximate surface area is 199 Å². The summed E-state index contributed by atoms with van der Waals surface area (Å²) in [4.78, 5) is 38.5. The molecule has 4 rings (SSSR count). The average Bonchev–Trinajstić information content (AvgIpc) is 3.21. The van der Waals surface area contributed by atoms with E-state index in [4.69, 9.17) is 4.74 Å². The molecule has 2 amide bonds. The molecule has 8 heteroatoms. The lowest BCUT2D eigenvalue weighted by atomic mass is 9.77. The molecule has 0 aliphatic carbocycles. The topological polar surface area (TPSA) is 75.6 Å². The second kappa shape index (κ2) is 10.1. The third-order valence-corrected chi connectivity index (χ3v) is 7.43. The van der Waals surface area contributed by atoms with Crippen LogP contribution in [-0.4, -0.2) is 70.1 Å². The number of ether oxygens (including phenoxy) is 1. The van der Waals surface area contributed by atoms with Crippen LogP contribution in [0.3, 0.4) is 0 Å². The summed E-state index contributed by atoms with van der Waals surface area (Å²) < 4.78 is 5.47. The number of thioether (sulfide) groups is 1. The van der Waals surface area contributed by atoms with Gasteiger partial charge in [-0.25, -0.2) is 9.97 Å². The first kappa shape index (κ1) is 23.5. The standard InChI is InChI=1S/C25H32N4O3S/c1-4-32-21-7-5-20(6-8-21)23(31)28-12-9-25(10-13-28)11-14-29(17-25)22(30)16-33-24-26-18(2)15-19(3)27-24/h5-8,15H,4,9-14,16-17H2,1-3H3. The van der Waals surface area contributed by atoms with Gasteiger partial charge in [0.2, 0.25) is 5.91 Å². The highest BCUT2D eigenvalue weighted by Crippen LogP contribution is 2.41. The fourth-order valence-electron chi connectivity index (χ4n) is 4.76. The fourth-order valence-corrected chi connectivity index (χ4v) is 5.61. The van der Waals surface area contributed by atoms with Gasteiger partial charge in [0.05, 0.1) is 12.4 Å². The summed E-state index contributed by atoms with van der Waals surface area (Å²) in [7, 11) is 0. The molecule has 33 heavy (non-hydrogen) atoms. The number of aryl methyl sites for hydroxylation is 2. The summed E-state index contributed by atoms with van der Waals surface area (Å²) in [5.41, 5.74) is 2.67. The Morgan fingerprint density at radius 1 is 1.00 bits per heavy atom. The number of piperidine rings is 1. The molecule has 7 nitrogen and oxygen atoms in total. The van der Waals surface area contributed by atoms with Gasteiger partial charge in [-0.3, -0.25) is 9.59 Å². The number of benzene rings is 1. The molecular formula is C25H32N4O3S. The van der Waals surface area contributed by atoms with E-state index in [0.29, 0.717) is 23.1 Å². The predicted molar refractivity (Wildman–Crippen MR) is 129 cm³/mol. The van der Waals surface area contributed by atoms with Crippen LogP contribution >= 0.6 is 11.8 Å². The highest BCUT2D eigenvalue weighted by Gasteiger charge is 2.42. The molecule has 2 aliphatic rings. The van der Waals surface area contributed by atoms with E-state index >= 15 is 0 Å². The lowest BCUT2D eigenvalue weighted by molar-refractivity contribution is -0.127. The number of hydrogen-bond donors (Lipinski definition) is 0. The molecule has 0 atom stereocenters. The quantitative estimate of drug-likeness (QED) is 0.475. The largest absolute Gasteiger partial charge is 0.494 e. The van der Waals surface area contributed by atoms with Crippen LogP contribution in [0.4, 0.5) is 0 Å². The van der Waals surface area contributed by atoms with E-state index in [-0.39, 0.29) is 17.2 Å². The van der Waals surface area contributed by atoms with Gasteiger partial charge in [-0.15, -0.1) is 0 Å². The monoisotopic (exact) mass is 468 g/mol. The maximum Gasteiger partial charge on any atom is 0.253 e. The molecular weight excluding hydrogens is 436 g/mol. The van der Waals surface area contributed by atoms with Crippen molar-refractivity contribution in [3.05, 3.63) is 47.3 Å². The molecule has 2 aromatic rings. The maximum absolute atomic E-state index is 12.9. The van der Waals surface area contributed by atoms with Crippen LogP contribution in [0.5, 0.6) is 5.75 Å². The minimum absolute atomic E-state index is 0.0728. The highest BCUT2D eigenvalue weighted by molar-refractivity contribution is 7.99. The first-order valence-corrected chi connectivity index (χ1v) is 12.6. The molecule has 1 spiro atoms. The number of hydrogen-bond acceptors (Lipinski definition) is 6. The molecule has 0 bridgehead atoms. The maximum atomic E-state index is 12.9. The second-order valence-corrected chi connectivity index (χ2v) is 9.98. The fraction of sp³-hybridized carbons (Fsp3) is 0.520. The van der Waals surface area contributed by atoms with Gasteiger partial charge in [-0.05, 0) is 75.8 Å². The summed E-state index contributed by atoms with van der Waals surface area (Å²) in [6.45, 7) is 9.48. The Bertz CT molecular complexity index is 983. The van der Waals surface area contributed by atoms with Crippen LogP contribution in [0.1, 0.15) is 47.9 Å². The molecule has 2 fully saturated rings. The Morgan fingerprint density at radius 3 is 2.21 bits per heavy atom. The average molecular weight is 469 g/mol. The molecule has 2 saturated heterocycles. The van der Waals surface area contributed by atoms with Crippen LogP contribution < -0.4 is 4.74 Å². The molecule has 2 aliphatic heterocycles. The minimum atomic E-state index is 0.0728. The lowest BCUT2D eigenvalue weighted by Gasteiger charge is -2.39. The van der Waals surface area contributed by atoms with E-state index in [1.165, 1.54) is 11.8 Å². The van der Waals surface area contributed by atoms with Crippen LogP contribution in [0, 0.1) is 19.3 Å². The molecule has 0 saturated carbocycles. The predicted octanol–water partition coefficient (Wildman–Crippen LogP) is 3.74. The van der Waals surface area contributed by atoms with Gasteiger partial charge in [0.15, 0.2) is 5.16 Å². The number of aromatic nitrogens is 2. The Balaban J connectivity index is 1.27. The van der Waals surface area contributed by atoms with Gasteiger partial charge in [-0.2, -0.15) is 0 Å². The van der Waals surface area contributed by atoms with Crippen molar-refractivity contribution < 1.29 is 14.3 Å². The van der Waals surface area contributed by atoms with E-state index in [1.807, 2.05) is 60.9 Å². The van der Waals surface area contributed by atoms with Gasteiger partial charge < -0.3 is 14.5 Å². The Hall–Kier alpha value is -2.61. The zero-order chi connectivity index (χ0) is 23.4. The van der Waals surface area contributed by atoms with Crippen molar-refractivity contribution in [1.29, 1.82) is 0 Å². The third kappa shape index (κ3) is 5.66. The van der Waals surface area contributed by atoms with Crippen LogP contribution in [0.2, 0.25) is 0 Å². The number of carbonyl (C=O) groups excluding carboxylic acids is 2. The third-order valence-electron chi connectivity index (χ3n) is 6.60. The molecule has 0 radical (unpaired) electrons. The molecule has 1 aromatic heterocycles. The van der Waals surface area contributed by atoms with E-state index < -0.39 is 0 Å². The molecule has 0 unspecified atom stereocenters. The summed E-state index contributed by atoms with van der Waals surface area (Å²) >= 11 is 1.41. The highest BCUT2D eigenvalue weighted by atomic mass is 32.2. The summed E-state index contributed by atoms with van der Waals surface area (Å²) in [6.07, 6.45) is 2.88. The van der Waals surface area contributed by atoms with Crippen molar-refractivity contribution in [2.45, 2.75) is 45.2 Å². The first-order valence-electron chi connectivity index (χ1n) is 11.6. The summed E-state index contributed by atoms with van der Waals surface area (Å²) in [5.74, 6) is 1.36. The van der Waals surface area contributed by atoms with Crippen LogP contribution in [0.15, 0.2) is 35.5 Å². The van der Waals surface area contributed by atoms with Gasteiger partial charge in [0.25, 0.3) is 5.91 Å². The van der Waals surface area contributed by atoms with E-state index in [1.54, 1.807) is 0 Å². The molecule has 176 valence electrons. The van der Waals surface area contributed by atoms with Crippen molar-refractivity contribution in [2.75, 3.05) is 38.5 Å². The van der Waals surface area contributed by atoms with Crippen molar-refractivity contribution in [3.63, 3.8) is 0 Å². The normalized spacial score (nSPS) is 17.4. The smallest absolute Gasteiger partial charge is 0.253 e. The van der Waals surface area contributed by atoms with Crippen molar-refractivity contribution >= 4 is 23.6 Å². The zero-order valence-corrected chi connectivity index (χ0v) is 20.5. The van der Waals surface area contributed by atoms with Crippen LogP contribution in [-0.2, 0) is 4.79 Å². The van der Waals surface area contributed by atoms with Gasteiger partial charge >= 0.3 is 0 Å². The summed E-state index contributed by atoms with van der Waals surface area (Å²) in [6, 6.07) is 9.31. The Kier molecular flexibility index (Phi) is 7.22.